The molecule has 0 aliphatic carbocycles. The monoisotopic (exact) mass is 366 g/mol. The second-order valence-corrected chi connectivity index (χ2v) is 6.52. The topological polar surface area (TPSA) is 98.9 Å². The molecule has 0 aromatic heterocycles. The van der Waals surface area contributed by atoms with Crippen molar-refractivity contribution in [1.29, 1.82) is 0 Å². The van der Waals surface area contributed by atoms with Gasteiger partial charge in [-0.2, -0.15) is 0 Å². The van der Waals surface area contributed by atoms with Gasteiger partial charge in [0.25, 0.3) is 5.91 Å². The first-order valence-electron chi connectivity index (χ1n) is 7.96. The summed E-state index contributed by atoms with van der Waals surface area (Å²) in [5.74, 6) is -1.21. The Balaban J connectivity index is 2.01. The van der Waals surface area contributed by atoms with Crippen LogP contribution in [0.1, 0.15) is 29.6 Å². The summed E-state index contributed by atoms with van der Waals surface area (Å²) in [5, 5.41) is 0. The fourth-order valence-corrected chi connectivity index (χ4v) is 3.21. The Kier molecular flexibility index (Phi) is 6.69. The maximum Gasteiger partial charge on any atom is 0.342 e. The third-order valence-electron chi connectivity index (χ3n) is 4.11. The van der Waals surface area contributed by atoms with Crippen LogP contribution in [0.5, 0.6) is 5.75 Å². The molecule has 0 unspecified atom stereocenters. The number of amides is 2. The van der Waals surface area contributed by atoms with Gasteiger partial charge in [-0.05, 0) is 43.7 Å². The number of carbonyl (C=O) groups excluding carboxylic acids is 3. The molecule has 1 aromatic carbocycles. The lowest BCUT2D eigenvalue weighted by Crippen LogP contribution is -2.51. The summed E-state index contributed by atoms with van der Waals surface area (Å²) in [6, 6.07) is 4.48. The van der Waals surface area contributed by atoms with Crippen LogP contribution in [0.2, 0.25) is 0 Å². The molecule has 0 bridgehead atoms. The van der Waals surface area contributed by atoms with Gasteiger partial charge in [0, 0.05) is 11.4 Å². The predicted molar refractivity (Wildman–Crippen MR) is 93.6 cm³/mol. The highest BCUT2D eigenvalue weighted by Gasteiger charge is 2.31. The molecule has 25 heavy (non-hydrogen) atoms. The van der Waals surface area contributed by atoms with Crippen LogP contribution < -0.4 is 10.5 Å². The van der Waals surface area contributed by atoms with E-state index >= 15 is 0 Å². The Bertz CT molecular complexity index is 664. The van der Waals surface area contributed by atoms with Crippen molar-refractivity contribution < 1.29 is 23.9 Å². The summed E-state index contributed by atoms with van der Waals surface area (Å²) in [5.41, 5.74) is 5.60. The molecule has 1 aliphatic heterocycles. The van der Waals surface area contributed by atoms with E-state index in [-0.39, 0.29) is 5.56 Å². The second-order valence-electron chi connectivity index (χ2n) is 5.64. The summed E-state index contributed by atoms with van der Waals surface area (Å²) < 4.78 is 10.3. The van der Waals surface area contributed by atoms with E-state index in [1.54, 1.807) is 18.2 Å². The number of benzene rings is 1. The van der Waals surface area contributed by atoms with Crippen molar-refractivity contribution in [2.45, 2.75) is 30.2 Å². The molecule has 2 amide bonds. The van der Waals surface area contributed by atoms with Gasteiger partial charge < -0.3 is 20.1 Å². The minimum Gasteiger partial charge on any atom is -0.496 e. The number of methoxy groups -OCH3 is 1. The largest absolute Gasteiger partial charge is 0.496 e. The lowest BCUT2D eigenvalue weighted by atomic mass is 10.0. The van der Waals surface area contributed by atoms with E-state index in [0.29, 0.717) is 18.7 Å². The van der Waals surface area contributed by atoms with Crippen LogP contribution in [0, 0.1) is 0 Å². The number of primary amides is 1. The molecule has 2 N–H and O–H groups in total. The van der Waals surface area contributed by atoms with Crippen LogP contribution in [0.25, 0.3) is 0 Å². The van der Waals surface area contributed by atoms with Gasteiger partial charge in [0.1, 0.15) is 17.4 Å². The number of hydrogen-bond donors (Lipinski definition) is 1. The molecule has 1 aliphatic rings. The second kappa shape index (κ2) is 8.75. The number of thioether (sulfide) groups is 1. The number of piperidine rings is 1. The van der Waals surface area contributed by atoms with Gasteiger partial charge >= 0.3 is 5.97 Å². The minimum atomic E-state index is -0.648. The van der Waals surface area contributed by atoms with Crippen molar-refractivity contribution in [3.63, 3.8) is 0 Å². The lowest BCUT2D eigenvalue weighted by Gasteiger charge is -2.33. The summed E-state index contributed by atoms with van der Waals surface area (Å²) in [4.78, 5) is 38.4. The molecule has 2 rings (SSSR count). The maximum absolute atomic E-state index is 12.3. The van der Waals surface area contributed by atoms with Crippen molar-refractivity contribution in [3.8, 4) is 5.75 Å². The Hall–Kier alpha value is -2.22. The minimum absolute atomic E-state index is 0.248. The summed E-state index contributed by atoms with van der Waals surface area (Å²) in [6.45, 7) is 0.00573. The first kappa shape index (κ1) is 19.1. The number of nitrogens with two attached hydrogens (primary N) is 1. The van der Waals surface area contributed by atoms with Gasteiger partial charge in [0.05, 0.1) is 7.11 Å². The normalized spacial score (nSPS) is 17.0. The highest BCUT2D eigenvalue weighted by molar-refractivity contribution is 7.98. The standard InChI is InChI=1S/C17H22N2O5S/c1-23-14-9-11(25-2)6-7-12(14)17(22)24-10-15(20)19-8-4-3-5-13(19)16(18)21/h6-7,9,13H,3-5,8,10H2,1-2H3,(H2,18,21)/t13-/m0/s1. The van der Waals surface area contributed by atoms with E-state index in [4.69, 9.17) is 15.2 Å². The number of ether oxygens (including phenoxy) is 2. The van der Waals surface area contributed by atoms with Crippen LogP contribution in [-0.2, 0) is 14.3 Å². The van der Waals surface area contributed by atoms with Gasteiger partial charge in [-0.15, -0.1) is 11.8 Å². The van der Waals surface area contributed by atoms with Gasteiger partial charge in [0.15, 0.2) is 6.61 Å². The first-order valence-corrected chi connectivity index (χ1v) is 9.18. The number of esters is 1. The first-order chi connectivity index (χ1) is 12.0. The fraction of sp³-hybridized carbons (Fsp3) is 0.471. The van der Waals surface area contributed by atoms with E-state index in [0.717, 1.165) is 17.7 Å². The molecule has 1 saturated heterocycles. The highest BCUT2D eigenvalue weighted by Crippen LogP contribution is 2.26. The van der Waals surface area contributed by atoms with Crippen LogP contribution in [0.3, 0.4) is 0 Å². The lowest BCUT2D eigenvalue weighted by molar-refractivity contribution is -0.143. The third-order valence-corrected chi connectivity index (χ3v) is 4.83. The SMILES string of the molecule is COc1cc(SC)ccc1C(=O)OCC(=O)N1CCCC[C@H]1C(N)=O. The Labute approximate surface area is 150 Å². The number of hydrogen-bond acceptors (Lipinski definition) is 6. The number of rotatable bonds is 6. The average Bonchev–Trinajstić information content (AvgIpc) is 2.65. The molecule has 0 spiro atoms. The predicted octanol–water partition coefficient (Wildman–Crippen LogP) is 1.44. The molecular formula is C17H22N2O5S. The van der Waals surface area contributed by atoms with Gasteiger partial charge in [-0.25, -0.2) is 4.79 Å². The molecular weight excluding hydrogens is 344 g/mol. The summed E-state index contributed by atoms with van der Waals surface area (Å²) in [7, 11) is 1.46. The number of carbonyl (C=O) groups is 3. The van der Waals surface area contributed by atoms with Crippen molar-refractivity contribution >= 4 is 29.5 Å². The molecule has 1 fully saturated rings. The van der Waals surface area contributed by atoms with Crippen molar-refractivity contribution in [2.24, 2.45) is 5.73 Å². The summed E-state index contributed by atoms with van der Waals surface area (Å²) >= 11 is 1.52. The van der Waals surface area contributed by atoms with E-state index in [1.165, 1.54) is 23.8 Å². The zero-order chi connectivity index (χ0) is 18.4. The van der Waals surface area contributed by atoms with Crippen LogP contribution >= 0.6 is 11.8 Å². The quantitative estimate of drug-likeness (QED) is 0.604. The molecule has 1 heterocycles. The van der Waals surface area contributed by atoms with E-state index in [2.05, 4.69) is 0 Å². The smallest absolute Gasteiger partial charge is 0.342 e. The van der Waals surface area contributed by atoms with Crippen molar-refractivity contribution in [3.05, 3.63) is 23.8 Å². The third kappa shape index (κ3) is 4.66. The average molecular weight is 366 g/mol. The van der Waals surface area contributed by atoms with Crippen LogP contribution in [-0.4, -0.2) is 55.2 Å². The van der Waals surface area contributed by atoms with Crippen LogP contribution in [0.4, 0.5) is 0 Å². The number of likely N-dealkylation sites (tertiary alicyclic amines) is 1. The van der Waals surface area contributed by atoms with Gasteiger partial charge in [-0.1, -0.05) is 0 Å². The molecule has 1 atom stereocenters. The van der Waals surface area contributed by atoms with Gasteiger partial charge in [-0.3, -0.25) is 9.59 Å². The molecule has 0 radical (unpaired) electrons. The van der Waals surface area contributed by atoms with E-state index < -0.39 is 30.4 Å². The molecule has 8 heteroatoms. The number of nitrogens with zero attached hydrogens (tertiary/aromatic N) is 1. The zero-order valence-corrected chi connectivity index (χ0v) is 15.1. The van der Waals surface area contributed by atoms with Crippen molar-refractivity contribution in [2.75, 3.05) is 26.5 Å². The van der Waals surface area contributed by atoms with Gasteiger partial charge in [0.2, 0.25) is 5.91 Å². The van der Waals surface area contributed by atoms with Crippen LogP contribution in [0.15, 0.2) is 23.1 Å². The van der Waals surface area contributed by atoms with Crippen molar-refractivity contribution in [1.82, 2.24) is 4.90 Å². The fourth-order valence-electron chi connectivity index (χ4n) is 2.78. The molecule has 136 valence electrons. The van der Waals surface area contributed by atoms with E-state index in [1.807, 2.05) is 6.26 Å². The highest BCUT2D eigenvalue weighted by atomic mass is 32.2. The molecule has 7 nitrogen and oxygen atoms in total. The Morgan fingerprint density at radius 3 is 2.72 bits per heavy atom. The molecule has 1 aromatic rings. The Morgan fingerprint density at radius 2 is 2.08 bits per heavy atom. The zero-order valence-electron chi connectivity index (χ0n) is 14.3. The maximum atomic E-state index is 12.3. The molecule has 0 saturated carbocycles. The summed E-state index contributed by atoms with van der Waals surface area (Å²) in [6.07, 6.45) is 4.10. The van der Waals surface area contributed by atoms with E-state index in [9.17, 15) is 14.4 Å². The Morgan fingerprint density at radius 1 is 1.32 bits per heavy atom.